The number of benzene rings is 1. The molecule has 0 spiro atoms. The Labute approximate surface area is 112 Å². The van der Waals surface area contributed by atoms with Gasteiger partial charge in [-0.25, -0.2) is 4.39 Å². The molecule has 1 saturated heterocycles. The molecule has 1 unspecified atom stereocenters. The first-order valence-corrected chi connectivity index (χ1v) is 6.81. The van der Waals surface area contributed by atoms with Crippen molar-refractivity contribution in [3.63, 3.8) is 0 Å². The van der Waals surface area contributed by atoms with Crippen molar-refractivity contribution in [2.24, 2.45) is 11.8 Å². The molecule has 4 heteroatoms. The summed E-state index contributed by atoms with van der Waals surface area (Å²) in [4.78, 5) is 13.4. The smallest absolute Gasteiger partial charge is 0.308 e. The molecule has 3 atom stereocenters. The molecule has 19 heavy (non-hydrogen) atoms. The molecule has 0 saturated carbocycles. The van der Waals surface area contributed by atoms with E-state index >= 15 is 0 Å². The van der Waals surface area contributed by atoms with E-state index in [9.17, 15) is 14.3 Å². The van der Waals surface area contributed by atoms with Gasteiger partial charge in [0.1, 0.15) is 5.82 Å². The second-order valence-electron chi connectivity index (χ2n) is 5.77. The van der Waals surface area contributed by atoms with Gasteiger partial charge >= 0.3 is 5.97 Å². The lowest BCUT2D eigenvalue weighted by atomic mass is 9.99. The number of nitrogens with zero attached hydrogens (tertiary/aromatic N) is 1. The Balaban J connectivity index is 1.81. The Hall–Kier alpha value is -1.42. The van der Waals surface area contributed by atoms with Crippen molar-refractivity contribution in [3.8, 4) is 0 Å². The molecule has 1 heterocycles. The van der Waals surface area contributed by atoms with E-state index in [4.69, 9.17) is 0 Å². The molecule has 0 aromatic heterocycles. The van der Waals surface area contributed by atoms with E-state index in [1.807, 2.05) is 13.0 Å². The molecule has 3 nitrogen and oxygen atoms in total. The highest BCUT2D eigenvalue weighted by molar-refractivity contribution is 5.71. The number of carbonyl (C=O) groups is 1. The van der Waals surface area contributed by atoms with Gasteiger partial charge < -0.3 is 5.11 Å². The molecule has 1 aromatic carbocycles. The van der Waals surface area contributed by atoms with Crippen molar-refractivity contribution < 1.29 is 14.3 Å². The zero-order valence-corrected chi connectivity index (χ0v) is 11.0. The molecule has 1 aromatic rings. The van der Waals surface area contributed by atoms with Crippen molar-refractivity contribution in [1.29, 1.82) is 0 Å². The maximum atomic E-state index is 13.2. The van der Waals surface area contributed by atoms with Crippen LogP contribution >= 0.6 is 0 Å². The number of aryl methyl sites for hydroxylation is 1. The van der Waals surface area contributed by atoms with Gasteiger partial charge in [-0.2, -0.15) is 0 Å². The van der Waals surface area contributed by atoms with Crippen molar-refractivity contribution in [1.82, 2.24) is 4.90 Å². The highest BCUT2D eigenvalue weighted by atomic mass is 19.1. The average molecular weight is 263 g/mol. The van der Waals surface area contributed by atoms with Crippen LogP contribution in [0.3, 0.4) is 0 Å². The van der Waals surface area contributed by atoms with Crippen LogP contribution in [0.1, 0.15) is 30.5 Å². The molecule has 0 amide bonds. The Morgan fingerprint density at radius 1 is 1.42 bits per heavy atom. The summed E-state index contributed by atoms with van der Waals surface area (Å²) in [5.41, 5.74) is 2.26. The fourth-order valence-electron chi connectivity index (χ4n) is 3.52. The molecule has 1 aliphatic carbocycles. The topological polar surface area (TPSA) is 40.5 Å². The average Bonchev–Trinajstić information content (AvgIpc) is 2.91. The van der Waals surface area contributed by atoms with Gasteiger partial charge in [-0.3, -0.25) is 9.69 Å². The number of carboxylic acid groups (broad SMARTS) is 1. The molecular formula is C15H18FNO2. The summed E-state index contributed by atoms with van der Waals surface area (Å²) in [6.07, 6.45) is 1.86. The third-order valence-electron chi connectivity index (χ3n) is 4.55. The van der Waals surface area contributed by atoms with Gasteiger partial charge in [0.15, 0.2) is 0 Å². The molecular weight excluding hydrogens is 245 g/mol. The second kappa shape index (κ2) is 4.60. The lowest BCUT2D eigenvalue weighted by Gasteiger charge is -2.24. The van der Waals surface area contributed by atoms with Crippen LogP contribution in [0, 0.1) is 17.7 Å². The van der Waals surface area contributed by atoms with Crippen molar-refractivity contribution in [2.75, 3.05) is 13.1 Å². The number of hydrogen-bond donors (Lipinski definition) is 1. The summed E-state index contributed by atoms with van der Waals surface area (Å²) in [6.45, 7) is 3.43. The predicted molar refractivity (Wildman–Crippen MR) is 69.3 cm³/mol. The number of fused-ring (bicyclic) bond motifs is 1. The summed E-state index contributed by atoms with van der Waals surface area (Å²) >= 11 is 0. The van der Waals surface area contributed by atoms with E-state index in [2.05, 4.69) is 4.90 Å². The van der Waals surface area contributed by atoms with Gasteiger partial charge in [0, 0.05) is 19.1 Å². The van der Waals surface area contributed by atoms with Gasteiger partial charge in [0.25, 0.3) is 0 Å². The van der Waals surface area contributed by atoms with E-state index in [0.717, 1.165) is 24.9 Å². The summed E-state index contributed by atoms with van der Waals surface area (Å²) < 4.78 is 13.2. The zero-order chi connectivity index (χ0) is 13.6. The van der Waals surface area contributed by atoms with Crippen LogP contribution in [0.15, 0.2) is 18.2 Å². The molecule has 0 radical (unpaired) electrons. The van der Waals surface area contributed by atoms with Crippen molar-refractivity contribution in [3.05, 3.63) is 35.1 Å². The lowest BCUT2D eigenvalue weighted by Crippen LogP contribution is -2.26. The zero-order valence-electron chi connectivity index (χ0n) is 11.0. The molecule has 3 rings (SSSR count). The van der Waals surface area contributed by atoms with Crippen LogP contribution in [0.4, 0.5) is 4.39 Å². The molecule has 0 bridgehead atoms. The van der Waals surface area contributed by atoms with Gasteiger partial charge in [-0.05, 0) is 42.0 Å². The van der Waals surface area contributed by atoms with Gasteiger partial charge in [-0.15, -0.1) is 0 Å². The summed E-state index contributed by atoms with van der Waals surface area (Å²) in [6, 6.07) is 5.25. The third kappa shape index (κ3) is 2.14. The van der Waals surface area contributed by atoms with E-state index in [1.54, 1.807) is 6.07 Å². The van der Waals surface area contributed by atoms with Crippen LogP contribution in [-0.2, 0) is 11.2 Å². The highest BCUT2D eigenvalue weighted by Crippen LogP contribution is 2.39. The maximum Gasteiger partial charge on any atom is 0.308 e. The highest BCUT2D eigenvalue weighted by Gasteiger charge is 2.39. The predicted octanol–water partition coefficient (Wildman–Crippen LogP) is 2.47. The van der Waals surface area contributed by atoms with E-state index in [0.29, 0.717) is 6.54 Å². The minimum Gasteiger partial charge on any atom is -0.481 e. The summed E-state index contributed by atoms with van der Waals surface area (Å²) in [5, 5.41) is 9.20. The number of carboxylic acids is 1. The molecule has 2 aliphatic rings. The van der Waals surface area contributed by atoms with Crippen molar-refractivity contribution in [2.45, 2.75) is 25.8 Å². The summed E-state index contributed by atoms with van der Waals surface area (Å²) in [5.74, 6) is -0.976. The molecule has 1 N–H and O–H groups in total. The van der Waals surface area contributed by atoms with E-state index in [1.165, 1.54) is 11.6 Å². The number of hydrogen-bond acceptors (Lipinski definition) is 2. The minimum atomic E-state index is -0.702. The first-order valence-electron chi connectivity index (χ1n) is 6.81. The Morgan fingerprint density at radius 3 is 2.89 bits per heavy atom. The summed E-state index contributed by atoms with van der Waals surface area (Å²) in [7, 11) is 0. The SMILES string of the molecule is C[C@@H]1CN(C2CCc3cc(F)ccc32)C[C@H]1C(=O)O. The van der Waals surface area contributed by atoms with Gasteiger partial charge in [0.05, 0.1) is 5.92 Å². The van der Waals surface area contributed by atoms with Crippen LogP contribution in [-0.4, -0.2) is 29.1 Å². The Morgan fingerprint density at radius 2 is 2.21 bits per heavy atom. The quantitative estimate of drug-likeness (QED) is 0.891. The third-order valence-corrected chi connectivity index (χ3v) is 4.55. The Kier molecular flexibility index (Phi) is 3.05. The number of rotatable bonds is 2. The van der Waals surface area contributed by atoms with Crippen LogP contribution in [0.25, 0.3) is 0 Å². The Bertz CT molecular complexity index is 517. The van der Waals surface area contributed by atoms with Crippen LogP contribution < -0.4 is 0 Å². The second-order valence-corrected chi connectivity index (χ2v) is 5.77. The normalized spacial score (nSPS) is 30.5. The standard InChI is InChI=1S/C15H18FNO2/c1-9-7-17(8-13(9)15(18)19)14-5-2-10-6-11(16)3-4-12(10)14/h3-4,6,9,13-14H,2,5,7-8H2,1H3,(H,18,19)/t9-,13-,14?/m1/s1. The van der Waals surface area contributed by atoms with Gasteiger partial charge in [-0.1, -0.05) is 13.0 Å². The largest absolute Gasteiger partial charge is 0.481 e. The lowest BCUT2D eigenvalue weighted by molar-refractivity contribution is -0.142. The first-order chi connectivity index (χ1) is 9.06. The fraction of sp³-hybridized carbons (Fsp3) is 0.533. The monoisotopic (exact) mass is 263 g/mol. The number of aliphatic carboxylic acids is 1. The van der Waals surface area contributed by atoms with Crippen LogP contribution in [0.5, 0.6) is 0 Å². The van der Waals surface area contributed by atoms with Gasteiger partial charge in [0.2, 0.25) is 0 Å². The maximum absolute atomic E-state index is 13.2. The molecule has 1 fully saturated rings. The number of halogens is 1. The van der Waals surface area contributed by atoms with E-state index in [-0.39, 0.29) is 23.7 Å². The molecule has 1 aliphatic heterocycles. The van der Waals surface area contributed by atoms with Crippen molar-refractivity contribution >= 4 is 5.97 Å². The van der Waals surface area contributed by atoms with E-state index < -0.39 is 5.97 Å². The first kappa shape index (κ1) is 12.6. The molecule has 102 valence electrons. The fourth-order valence-corrected chi connectivity index (χ4v) is 3.52. The van der Waals surface area contributed by atoms with Crippen LogP contribution in [0.2, 0.25) is 0 Å². The number of likely N-dealkylation sites (tertiary alicyclic amines) is 1. The minimum absolute atomic E-state index is 0.182.